The normalized spacial score (nSPS) is 12.3. The first-order valence-electron chi connectivity index (χ1n) is 5.45. The van der Waals surface area contributed by atoms with Crippen LogP contribution in [0.15, 0.2) is 29.2 Å². The predicted molar refractivity (Wildman–Crippen MR) is 68.8 cm³/mol. The summed E-state index contributed by atoms with van der Waals surface area (Å²) in [4.78, 5) is 11.0. The summed E-state index contributed by atoms with van der Waals surface area (Å²) >= 11 is 5.74. The molecule has 1 rings (SSSR count). The lowest BCUT2D eigenvalue weighted by Gasteiger charge is -2.02. The standard InChI is InChI=1S/C12H15ClO3S/c13-10-5-7-11(8-6-10)17(16)9-3-1-2-4-12(14)15/h5-8H,1-4,9H2,(H,14,15). The van der Waals surface area contributed by atoms with Crippen LogP contribution in [-0.4, -0.2) is 21.0 Å². The molecule has 0 saturated carbocycles. The van der Waals surface area contributed by atoms with E-state index in [1.807, 2.05) is 0 Å². The lowest BCUT2D eigenvalue weighted by molar-refractivity contribution is -0.137. The Hall–Kier alpha value is -0.870. The summed E-state index contributed by atoms with van der Waals surface area (Å²) in [5.74, 6) is -0.204. The molecule has 0 aliphatic carbocycles. The molecule has 1 N–H and O–H groups in total. The number of rotatable bonds is 7. The fourth-order valence-electron chi connectivity index (χ4n) is 1.39. The predicted octanol–water partition coefficient (Wildman–Crippen LogP) is 3.09. The van der Waals surface area contributed by atoms with Gasteiger partial charge < -0.3 is 5.11 Å². The molecule has 0 heterocycles. The van der Waals surface area contributed by atoms with E-state index in [-0.39, 0.29) is 6.42 Å². The zero-order valence-corrected chi connectivity index (χ0v) is 11.0. The highest BCUT2D eigenvalue weighted by atomic mass is 35.5. The molecule has 0 amide bonds. The summed E-state index contributed by atoms with van der Waals surface area (Å²) in [6.45, 7) is 0. The average molecular weight is 275 g/mol. The molecule has 0 spiro atoms. The average Bonchev–Trinajstić information content (AvgIpc) is 2.29. The quantitative estimate of drug-likeness (QED) is 0.778. The number of carboxylic acid groups (broad SMARTS) is 1. The van der Waals surface area contributed by atoms with Crippen molar-refractivity contribution >= 4 is 28.4 Å². The van der Waals surface area contributed by atoms with E-state index >= 15 is 0 Å². The Morgan fingerprint density at radius 1 is 1.18 bits per heavy atom. The van der Waals surface area contributed by atoms with Gasteiger partial charge in [-0.2, -0.15) is 0 Å². The molecule has 1 atom stereocenters. The SMILES string of the molecule is O=C(O)CCCCCS(=O)c1ccc(Cl)cc1. The highest BCUT2D eigenvalue weighted by Crippen LogP contribution is 2.14. The number of carbonyl (C=O) groups is 1. The second-order valence-corrected chi connectivity index (χ2v) is 5.72. The second-order valence-electron chi connectivity index (χ2n) is 3.71. The molecular weight excluding hydrogens is 260 g/mol. The first-order chi connectivity index (χ1) is 8.09. The molecule has 0 aliphatic heterocycles. The topological polar surface area (TPSA) is 54.4 Å². The van der Waals surface area contributed by atoms with Crippen LogP contribution in [0.2, 0.25) is 5.02 Å². The van der Waals surface area contributed by atoms with Gasteiger partial charge in [-0.25, -0.2) is 0 Å². The molecule has 0 bridgehead atoms. The molecule has 94 valence electrons. The van der Waals surface area contributed by atoms with E-state index in [1.54, 1.807) is 24.3 Å². The number of hydrogen-bond donors (Lipinski definition) is 1. The molecule has 0 aromatic heterocycles. The minimum Gasteiger partial charge on any atom is -0.481 e. The number of unbranched alkanes of at least 4 members (excludes halogenated alkanes) is 2. The van der Waals surface area contributed by atoms with Gasteiger partial charge in [-0.05, 0) is 37.1 Å². The van der Waals surface area contributed by atoms with Crippen molar-refractivity contribution < 1.29 is 14.1 Å². The van der Waals surface area contributed by atoms with E-state index in [1.165, 1.54) is 0 Å². The van der Waals surface area contributed by atoms with E-state index < -0.39 is 16.8 Å². The van der Waals surface area contributed by atoms with Crippen molar-refractivity contribution in [3.63, 3.8) is 0 Å². The Morgan fingerprint density at radius 2 is 1.82 bits per heavy atom. The molecule has 17 heavy (non-hydrogen) atoms. The van der Waals surface area contributed by atoms with E-state index in [9.17, 15) is 9.00 Å². The van der Waals surface area contributed by atoms with Crippen LogP contribution >= 0.6 is 11.6 Å². The van der Waals surface area contributed by atoms with Gasteiger partial charge in [0.1, 0.15) is 0 Å². The minimum atomic E-state index is -1.01. The lowest BCUT2D eigenvalue weighted by Crippen LogP contribution is -1.99. The summed E-state index contributed by atoms with van der Waals surface area (Å²) in [6, 6.07) is 6.96. The number of carboxylic acids is 1. The zero-order valence-electron chi connectivity index (χ0n) is 9.39. The van der Waals surface area contributed by atoms with Gasteiger partial charge in [-0.15, -0.1) is 0 Å². The Labute approximate surface area is 108 Å². The third kappa shape index (κ3) is 5.84. The van der Waals surface area contributed by atoms with E-state index in [4.69, 9.17) is 16.7 Å². The Morgan fingerprint density at radius 3 is 2.41 bits per heavy atom. The number of hydrogen-bond acceptors (Lipinski definition) is 2. The molecule has 1 aromatic rings. The third-order valence-corrected chi connectivity index (χ3v) is 4.01. The van der Waals surface area contributed by atoms with Gasteiger partial charge >= 0.3 is 5.97 Å². The third-order valence-electron chi connectivity index (χ3n) is 2.30. The van der Waals surface area contributed by atoms with Gasteiger partial charge in [-0.1, -0.05) is 18.0 Å². The smallest absolute Gasteiger partial charge is 0.303 e. The monoisotopic (exact) mass is 274 g/mol. The van der Waals surface area contributed by atoms with Crippen molar-refractivity contribution in [1.82, 2.24) is 0 Å². The zero-order chi connectivity index (χ0) is 12.7. The fourth-order valence-corrected chi connectivity index (χ4v) is 2.66. The number of benzene rings is 1. The van der Waals surface area contributed by atoms with Crippen LogP contribution in [0.1, 0.15) is 25.7 Å². The van der Waals surface area contributed by atoms with E-state index in [2.05, 4.69) is 0 Å². The van der Waals surface area contributed by atoms with Crippen LogP contribution in [0, 0.1) is 0 Å². The molecule has 0 radical (unpaired) electrons. The summed E-state index contributed by atoms with van der Waals surface area (Å²) in [5.41, 5.74) is 0. The maximum absolute atomic E-state index is 11.8. The lowest BCUT2D eigenvalue weighted by atomic mass is 10.2. The van der Waals surface area contributed by atoms with E-state index in [0.29, 0.717) is 17.2 Å². The molecule has 1 unspecified atom stereocenters. The molecule has 3 nitrogen and oxygen atoms in total. The van der Waals surface area contributed by atoms with Crippen molar-refractivity contribution in [2.45, 2.75) is 30.6 Å². The maximum Gasteiger partial charge on any atom is 0.303 e. The highest BCUT2D eigenvalue weighted by Gasteiger charge is 2.04. The van der Waals surface area contributed by atoms with Gasteiger partial charge in [0.15, 0.2) is 0 Å². The summed E-state index contributed by atoms with van der Waals surface area (Å²) < 4.78 is 11.8. The summed E-state index contributed by atoms with van der Waals surface area (Å²) in [5, 5.41) is 9.09. The molecule has 0 fully saturated rings. The minimum absolute atomic E-state index is 0.188. The van der Waals surface area contributed by atoms with Crippen molar-refractivity contribution in [1.29, 1.82) is 0 Å². The Bertz CT molecular complexity index is 389. The van der Waals surface area contributed by atoms with Crippen molar-refractivity contribution in [3.05, 3.63) is 29.3 Å². The van der Waals surface area contributed by atoms with Gasteiger partial charge in [0.2, 0.25) is 0 Å². The largest absolute Gasteiger partial charge is 0.481 e. The van der Waals surface area contributed by atoms with Gasteiger partial charge in [-0.3, -0.25) is 9.00 Å². The molecule has 0 aliphatic rings. The first-order valence-corrected chi connectivity index (χ1v) is 7.15. The van der Waals surface area contributed by atoms with Crippen LogP contribution in [-0.2, 0) is 15.6 Å². The highest BCUT2D eigenvalue weighted by molar-refractivity contribution is 7.85. The summed E-state index contributed by atoms with van der Waals surface area (Å²) in [7, 11) is -1.01. The van der Waals surface area contributed by atoms with Gasteiger partial charge in [0.05, 0.1) is 10.8 Å². The van der Waals surface area contributed by atoms with Crippen LogP contribution in [0.4, 0.5) is 0 Å². The first kappa shape index (κ1) is 14.2. The molecule has 0 saturated heterocycles. The Kier molecular flexibility index (Phi) is 6.22. The molecule has 1 aromatic carbocycles. The second kappa shape index (κ2) is 7.45. The van der Waals surface area contributed by atoms with E-state index in [0.717, 1.165) is 17.7 Å². The van der Waals surface area contributed by atoms with Crippen LogP contribution in [0.25, 0.3) is 0 Å². The molecule has 5 heteroatoms. The van der Waals surface area contributed by atoms with Crippen LogP contribution in [0.3, 0.4) is 0 Å². The fraction of sp³-hybridized carbons (Fsp3) is 0.417. The summed E-state index contributed by atoms with van der Waals surface area (Å²) in [6.07, 6.45) is 2.41. The molecular formula is C12H15ClO3S. The van der Waals surface area contributed by atoms with Crippen LogP contribution < -0.4 is 0 Å². The number of aliphatic carboxylic acids is 1. The van der Waals surface area contributed by atoms with Crippen LogP contribution in [0.5, 0.6) is 0 Å². The van der Waals surface area contributed by atoms with Crippen molar-refractivity contribution in [2.75, 3.05) is 5.75 Å². The van der Waals surface area contributed by atoms with Gasteiger partial charge in [0.25, 0.3) is 0 Å². The van der Waals surface area contributed by atoms with Crippen molar-refractivity contribution in [3.8, 4) is 0 Å². The number of halogens is 1. The van der Waals surface area contributed by atoms with Gasteiger partial charge in [0, 0.05) is 22.1 Å². The Balaban J connectivity index is 2.25. The maximum atomic E-state index is 11.8. The van der Waals surface area contributed by atoms with Crippen molar-refractivity contribution in [2.24, 2.45) is 0 Å².